The van der Waals surface area contributed by atoms with Crippen LogP contribution in [0.5, 0.6) is 0 Å². The molecule has 0 saturated carbocycles. The van der Waals surface area contributed by atoms with Gasteiger partial charge in [-0.2, -0.15) is 0 Å². The first-order valence-corrected chi connectivity index (χ1v) is 11.5. The van der Waals surface area contributed by atoms with Crippen LogP contribution in [0.2, 0.25) is 0 Å². The molecule has 0 aliphatic rings. The van der Waals surface area contributed by atoms with Crippen LogP contribution in [-0.4, -0.2) is 24.7 Å². The average molecular weight is 443 g/mol. The maximum Gasteiger partial charge on any atom is 0.208 e. The Bertz CT molecular complexity index is 1100. The zero-order valence-electron chi connectivity index (χ0n) is 17.7. The fraction of sp³-hybridized carbons (Fsp3) is 0.318. The van der Waals surface area contributed by atoms with Crippen LogP contribution in [-0.2, 0) is 16.5 Å². The lowest BCUT2D eigenvalue weighted by Gasteiger charge is -2.34. The second-order valence-electron chi connectivity index (χ2n) is 8.33. The number of rotatable bonds is 6. The number of benzene rings is 1. The van der Waals surface area contributed by atoms with Gasteiger partial charge in [0.05, 0.1) is 31.7 Å². The largest absolute Gasteiger partial charge is 0.383 e. The topological polar surface area (TPSA) is 98.0 Å². The van der Waals surface area contributed by atoms with E-state index in [0.717, 1.165) is 16.7 Å². The first kappa shape index (κ1) is 22.3. The molecule has 0 fully saturated rings. The fourth-order valence-corrected chi connectivity index (χ4v) is 4.83. The van der Waals surface area contributed by atoms with E-state index >= 15 is 0 Å². The highest BCUT2D eigenvalue weighted by Gasteiger charge is 2.35. The van der Waals surface area contributed by atoms with Crippen molar-refractivity contribution >= 4 is 33.9 Å². The van der Waals surface area contributed by atoms with Gasteiger partial charge in [0.25, 0.3) is 0 Å². The van der Waals surface area contributed by atoms with E-state index in [1.807, 2.05) is 64.3 Å². The van der Waals surface area contributed by atoms with Gasteiger partial charge in [0, 0.05) is 6.20 Å². The molecular weight excluding hydrogens is 416 g/mol. The first-order chi connectivity index (χ1) is 14.0. The number of carbonyl (C=O) groups excluding carboxylic acids is 1. The molecule has 6 nitrogen and oxygen atoms in total. The number of hydrogen-bond acceptors (Lipinski definition) is 6. The molecule has 2 atom stereocenters. The van der Waals surface area contributed by atoms with E-state index in [4.69, 9.17) is 5.73 Å². The molecule has 2 unspecified atom stereocenters. The predicted octanol–water partition coefficient (Wildman–Crippen LogP) is 3.98. The number of thiophene rings is 1. The average Bonchev–Trinajstić information content (AvgIpc) is 3.18. The van der Waals surface area contributed by atoms with Gasteiger partial charge in [-0.1, -0.05) is 29.8 Å². The highest BCUT2D eigenvalue weighted by molar-refractivity contribution is 7.84. The van der Waals surface area contributed by atoms with Crippen LogP contribution < -0.4 is 10.5 Å². The van der Waals surface area contributed by atoms with Gasteiger partial charge in [0.2, 0.25) is 5.78 Å². The van der Waals surface area contributed by atoms with Crippen molar-refractivity contribution in [2.45, 2.75) is 44.9 Å². The Balaban J connectivity index is 2.06. The number of nitrogens with one attached hydrogen (secondary N) is 1. The van der Waals surface area contributed by atoms with E-state index in [0.29, 0.717) is 4.88 Å². The van der Waals surface area contributed by atoms with Gasteiger partial charge in [-0.3, -0.25) is 4.79 Å². The minimum absolute atomic E-state index is 0.151. The van der Waals surface area contributed by atoms with Crippen molar-refractivity contribution in [3.05, 3.63) is 75.4 Å². The van der Waals surface area contributed by atoms with Gasteiger partial charge in [0.1, 0.15) is 12.1 Å². The SMILES string of the molecule is Cc1cccc(C(C)(NS(=O)C(C)(C)C)c2csc(C(=O)c3cncnc3N)c2)c1. The molecular formula is C22H26N4O2S2. The van der Waals surface area contributed by atoms with E-state index in [2.05, 4.69) is 20.8 Å². The molecule has 1 aromatic carbocycles. The zero-order valence-corrected chi connectivity index (χ0v) is 19.4. The molecule has 2 heterocycles. The third-order valence-electron chi connectivity index (χ3n) is 4.84. The van der Waals surface area contributed by atoms with Crippen molar-refractivity contribution < 1.29 is 9.00 Å². The summed E-state index contributed by atoms with van der Waals surface area (Å²) in [7, 11) is -1.33. The van der Waals surface area contributed by atoms with Crippen molar-refractivity contribution in [3.8, 4) is 0 Å². The number of carbonyl (C=O) groups is 1. The second-order valence-corrected chi connectivity index (χ2v) is 11.2. The van der Waals surface area contributed by atoms with Crippen molar-refractivity contribution in [1.82, 2.24) is 14.7 Å². The minimum Gasteiger partial charge on any atom is -0.383 e. The van der Waals surface area contributed by atoms with E-state index < -0.39 is 21.3 Å². The van der Waals surface area contributed by atoms with E-state index in [-0.39, 0.29) is 17.2 Å². The molecule has 0 spiro atoms. The molecule has 0 saturated heterocycles. The van der Waals surface area contributed by atoms with Crippen LogP contribution in [0.1, 0.15) is 59.6 Å². The molecule has 0 radical (unpaired) electrons. The Morgan fingerprint density at radius 1 is 1.17 bits per heavy atom. The molecule has 0 aliphatic heterocycles. The summed E-state index contributed by atoms with van der Waals surface area (Å²) in [5.41, 5.74) is 8.30. The number of hydrogen-bond donors (Lipinski definition) is 2. The molecule has 3 N–H and O–H groups in total. The predicted molar refractivity (Wildman–Crippen MR) is 123 cm³/mol. The first-order valence-electron chi connectivity index (χ1n) is 9.48. The molecule has 0 aliphatic carbocycles. The van der Waals surface area contributed by atoms with Crippen LogP contribution in [0.15, 0.2) is 48.2 Å². The van der Waals surface area contributed by atoms with Gasteiger partial charge in [-0.15, -0.1) is 11.3 Å². The Labute approximate surface area is 183 Å². The molecule has 2 aromatic heterocycles. The number of nitrogens with zero attached hydrogens (tertiary/aromatic N) is 2. The summed E-state index contributed by atoms with van der Waals surface area (Å²) in [6, 6.07) is 9.89. The van der Waals surface area contributed by atoms with Crippen LogP contribution in [0.4, 0.5) is 5.82 Å². The van der Waals surface area contributed by atoms with Crippen LogP contribution in [0, 0.1) is 6.92 Å². The third-order valence-corrected chi connectivity index (χ3v) is 7.47. The Kier molecular flexibility index (Phi) is 6.21. The highest BCUT2D eigenvalue weighted by atomic mass is 32.2. The Morgan fingerprint density at radius 2 is 1.90 bits per heavy atom. The fourth-order valence-electron chi connectivity index (χ4n) is 2.94. The molecule has 3 aromatic rings. The minimum atomic E-state index is -1.33. The number of nitrogen functional groups attached to an aromatic ring is 1. The van der Waals surface area contributed by atoms with E-state index in [1.54, 1.807) is 0 Å². The monoisotopic (exact) mass is 442 g/mol. The lowest BCUT2D eigenvalue weighted by atomic mass is 9.86. The van der Waals surface area contributed by atoms with Crippen molar-refractivity contribution in [2.75, 3.05) is 5.73 Å². The van der Waals surface area contributed by atoms with Gasteiger partial charge in [-0.05, 0) is 57.2 Å². The Morgan fingerprint density at radius 3 is 2.53 bits per heavy atom. The molecule has 0 amide bonds. The summed E-state index contributed by atoms with van der Waals surface area (Å²) in [6.07, 6.45) is 2.74. The molecule has 8 heteroatoms. The number of ketones is 1. The number of aryl methyl sites for hydroxylation is 1. The lowest BCUT2D eigenvalue weighted by Crippen LogP contribution is -2.46. The quantitative estimate of drug-likeness (QED) is 0.563. The summed E-state index contributed by atoms with van der Waals surface area (Å²) < 4.78 is 15.9. The maximum absolute atomic E-state index is 13.0. The standard InChI is InChI=1S/C22H26N4O2S2/c1-14-7-6-8-15(9-14)22(5,26-30(28)21(2,3)4)16-10-18(29-12-16)19(27)17-11-24-13-25-20(17)23/h6-13,26H,1-5H3,(H2,23,24,25). The third kappa shape index (κ3) is 4.50. The van der Waals surface area contributed by atoms with Gasteiger partial charge in [-0.25, -0.2) is 18.9 Å². The summed E-state index contributed by atoms with van der Waals surface area (Å²) >= 11 is 1.32. The lowest BCUT2D eigenvalue weighted by molar-refractivity contribution is 0.104. The van der Waals surface area contributed by atoms with Gasteiger partial charge >= 0.3 is 0 Å². The normalized spacial score (nSPS) is 14.8. The van der Waals surface area contributed by atoms with Crippen molar-refractivity contribution in [1.29, 1.82) is 0 Å². The zero-order chi connectivity index (χ0) is 22.1. The maximum atomic E-state index is 13.0. The van der Waals surface area contributed by atoms with Crippen LogP contribution in [0.25, 0.3) is 0 Å². The van der Waals surface area contributed by atoms with Gasteiger partial charge in [0.15, 0.2) is 0 Å². The van der Waals surface area contributed by atoms with Gasteiger partial charge < -0.3 is 5.73 Å². The summed E-state index contributed by atoms with van der Waals surface area (Å²) in [4.78, 5) is 21.3. The summed E-state index contributed by atoms with van der Waals surface area (Å²) in [6.45, 7) is 9.78. The van der Waals surface area contributed by atoms with Crippen LogP contribution >= 0.6 is 11.3 Å². The van der Waals surface area contributed by atoms with Crippen molar-refractivity contribution in [2.24, 2.45) is 0 Å². The summed E-state index contributed by atoms with van der Waals surface area (Å²) in [5, 5.41) is 1.92. The van der Waals surface area contributed by atoms with E-state index in [9.17, 15) is 9.00 Å². The second kappa shape index (κ2) is 8.37. The number of aromatic nitrogens is 2. The molecule has 158 valence electrons. The smallest absolute Gasteiger partial charge is 0.208 e. The number of anilines is 1. The number of nitrogens with two attached hydrogens (primary N) is 1. The molecule has 3 rings (SSSR count). The molecule has 0 bridgehead atoms. The van der Waals surface area contributed by atoms with Crippen molar-refractivity contribution in [3.63, 3.8) is 0 Å². The highest BCUT2D eigenvalue weighted by Crippen LogP contribution is 2.35. The van der Waals surface area contributed by atoms with E-state index in [1.165, 1.54) is 23.9 Å². The molecule has 30 heavy (non-hydrogen) atoms. The Hall–Kier alpha value is -2.42. The van der Waals surface area contributed by atoms with Crippen LogP contribution in [0.3, 0.4) is 0 Å². The summed E-state index contributed by atoms with van der Waals surface area (Å²) in [5.74, 6) is -0.0776.